The van der Waals surface area contributed by atoms with Gasteiger partial charge >= 0.3 is 23.9 Å². The van der Waals surface area contributed by atoms with Gasteiger partial charge in [0.15, 0.2) is 0 Å². The Bertz CT molecular complexity index is 1490. The highest BCUT2D eigenvalue weighted by atomic mass is 16.4. The van der Waals surface area contributed by atoms with E-state index in [2.05, 4.69) is 50.3 Å². The molecule has 0 saturated heterocycles. The molecule has 8 bridgehead atoms. The summed E-state index contributed by atoms with van der Waals surface area (Å²) in [4.78, 5) is 53.5. The molecule has 0 amide bonds. The van der Waals surface area contributed by atoms with E-state index in [1.807, 2.05) is 42.5 Å². The topological polar surface area (TPSA) is 207 Å². The van der Waals surface area contributed by atoms with Crippen molar-refractivity contribution in [3.05, 3.63) is 71.3 Å². The van der Waals surface area contributed by atoms with Gasteiger partial charge in [-0.3, -0.25) is 19.2 Å². The molecule has 6 N–H and O–H groups in total. The van der Waals surface area contributed by atoms with Crippen LogP contribution in [0.5, 0.6) is 0 Å². The minimum atomic E-state index is -0.745. The molecule has 0 spiro atoms. The Hall–Kier alpha value is -5.52. The van der Waals surface area contributed by atoms with Gasteiger partial charge in [0.1, 0.15) is 0 Å². The van der Waals surface area contributed by atoms with E-state index in [1.54, 1.807) is 27.7 Å². The molecule has 3 aromatic heterocycles. The molecule has 0 aromatic carbocycles. The van der Waals surface area contributed by atoms with Gasteiger partial charge < -0.3 is 30.4 Å². The minimum absolute atomic E-state index is 0. The first-order valence-corrected chi connectivity index (χ1v) is 13.8. The second-order valence-electron chi connectivity index (χ2n) is 8.89. The first-order chi connectivity index (χ1) is 20.9. The van der Waals surface area contributed by atoms with Crippen molar-refractivity contribution >= 4 is 70.2 Å². The number of aliphatic carboxylic acids is 4. The summed E-state index contributed by atoms with van der Waals surface area (Å²) in [6.45, 7) is 6.40. The summed E-state index contributed by atoms with van der Waals surface area (Å²) in [6.07, 6.45) is 8.94. The molecule has 5 heterocycles. The van der Waals surface area contributed by atoms with Crippen LogP contribution in [-0.2, 0) is 19.2 Å². The van der Waals surface area contributed by atoms with Gasteiger partial charge in [0.05, 0.1) is 22.8 Å². The first kappa shape index (κ1) is 49.4. The summed E-state index contributed by atoms with van der Waals surface area (Å²) in [5.74, 6) is -2.98. The number of nitrogens with zero attached hydrogens (tertiary/aromatic N) is 2. The highest BCUT2D eigenvalue weighted by molar-refractivity contribution is 5.77. The van der Waals surface area contributed by atoms with Crippen LogP contribution in [0.1, 0.15) is 106 Å². The lowest BCUT2D eigenvalue weighted by molar-refractivity contribution is -0.137. The SMILES string of the molecule is C.C.C.C.C1=Cc2cc3ccc(cc4ccc(cc5nc(cc1n2)C=C5)[nH]4)[nH]3.CCC(=O)O.CCC(=O)O.CCC(=O)O.CCC(=O)O. The zero-order valence-electron chi connectivity index (χ0n) is 25.1. The van der Waals surface area contributed by atoms with Crippen LogP contribution < -0.4 is 0 Å². The predicted octanol–water partition coefficient (Wildman–Crippen LogP) is 9.12. The number of hydrogen-bond acceptors (Lipinski definition) is 6. The smallest absolute Gasteiger partial charge is 0.303 e. The highest BCUT2D eigenvalue weighted by Gasteiger charge is 2.02. The molecule has 3 aromatic rings. The number of carbonyl (C=O) groups is 4. The molecule has 0 atom stereocenters. The highest BCUT2D eigenvalue weighted by Crippen LogP contribution is 2.17. The largest absolute Gasteiger partial charge is 0.481 e. The Balaban J connectivity index is -0.000000339. The van der Waals surface area contributed by atoms with Crippen LogP contribution in [0.3, 0.4) is 0 Å². The first-order valence-electron chi connectivity index (χ1n) is 13.8. The second kappa shape index (κ2) is 26.7. The van der Waals surface area contributed by atoms with Gasteiger partial charge in [0.2, 0.25) is 0 Å². The summed E-state index contributed by atoms with van der Waals surface area (Å²) in [6, 6.07) is 16.4. The third kappa shape index (κ3) is 21.3. The van der Waals surface area contributed by atoms with Crippen molar-refractivity contribution in [3.63, 3.8) is 0 Å². The molecule has 266 valence electrons. The van der Waals surface area contributed by atoms with Crippen LogP contribution in [-0.4, -0.2) is 64.2 Å². The molecule has 2 aliphatic rings. The van der Waals surface area contributed by atoms with E-state index >= 15 is 0 Å². The molecular weight excluding hydrogens is 616 g/mol. The van der Waals surface area contributed by atoms with Gasteiger partial charge in [0.25, 0.3) is 0 Å². The molecule has 0 unspecified atom stereocenters. The summed E-state index contributed by atoms with van der Waals surface area (Å²) < 4.78 is 0. The summed E-state index contributed by atoms with van der Waals surface area (Å²) in [7, 11) is 0. The number of fused-ring (bicyclic) bond motifs is 8. The van der Waals surface area contributed by atoms with Crippen LogP contribution in [0.2, 0.25) is 0 Å². The Morgan fingerprint density at radius 3 is 0.896 bits per heavy atom. The maximum absolute atomic E-state index is 9.37. The van der Waals surface area contributed by atoms with Crippen molar-refractivity contribution < 1.29 is 39.6 Å². The van der Waals surface area contributed by atoms with E-state index in [9.17, 15) is 19.2 Å². The second-order valence-corrected chi connectivity index (χ2v) is 8.89. The van der Waals surface area contributed by atoms with E-state index in [0.717, 1.165) is 44.8 Å². The van der Waals surface area contributed by atoms with Gasteiger partial charge in [-0.25, -0.2) is 9.97 Å². The van der Waals surface area contributed by atoms with Crippen molar-refractivity contribution in [2.24, 2.45) is 0 Å². The fourth-order valence-electron chi connectivity index (χ4n) is 2.94. The van der Waals surface area contributed by atoms with Crippen molar-refractivity contribution in [3.8, 4) is 0 Å². The molecule has 0 radical (unpaired) electrons. The fourth-order valence-corrected chi connectivity index (χ4v) is 2.94. The number of rotatable bonds is 4. The zero-order chi connectivity index (χ0) is 33.1. The third-order valence-electron chi connectivity index (χ3n) is 5.25. The van der Waals surface area contributed by atoms with E-state index in [1.165, 1.54) is 0 Å². The Labute approximate surface area is 284 Å². The van der Waals surface area contributed by atoms with Crippen molar-refractivity contribution in [1.82, 2.24) is 19.9 Å². The monoisotopic (exact) mass is 670 g/mol. The Kier molecular flexibility index (Phi) is 27.4. The molecule has 0 aliphatic carbocycles. The number of carboxylic acids is 4. The molecule has 12 heteroatoms. The van der Waals surface area contributed by atoms with E-state index < -0.39 is 23.9 Å². The van der Waals surface area contributed by atoms with Gasteiger partial charge in [-0.15, -0.1) is 0 Å². The summed E-state index contributed by atoms with van der Waals surface area (Å²) in [5.41, 5.74) is 7.86. The maximum atomic E-state index is 9.37. The lowest BCUT2D eigenvalue weighted by Crippen LogP contribution is -1.86. The van der Waals surface area contributed by atoms with Crippen LogP contribution in [0.15, 0.2) is 48.5 Å². The average Bonchev–Trinajstić information content (AvgIpc) is 3.81. The molecule has 0 saturated carbocycles. The standard InChI is InChI=1S/C20H14N4.4C3H6O2.4CH4/c1-2-14-10-16-5-6-18(23-16)12-20-8-7-19(24-20)11-17-4-3-15(22-17)9-13(1)21-14;4*1-2-3(4)5;;;;/h1-12,21-22H;4*2H2,1H3,(H,4,5);4*1H4. The molecular formula is C36H54N4O8. The molecule has 0 fully saturated rings. The molecule has 48 heavy (non-hydrogen) atoms. The maximum Gasteiger partial charge on any atom is 0.303 e. The van der Waals surface area contributed by atoms with Crippen LogP contribution in [0, 0.1) is 0 Å². The minimum Gasteiger partial charge on any atom is -0.481 e. The Morgan fingerprint density at radius 1 is 0.458 bits per heavy atom. The number of H-pyrrole nitrogens is 2. The third-order valence-corrected chi connectivity index (χ3v) is 5.25. The van der Waals surface area contributed by atoms with E-state index in [4.69, 9.17) is 20.4 Å². The van der Waals surface area contributed by atoms with E-state index in [-0.39, 0.29) is 55.4 Å². The van der Waals surface area contributed by atoms with E-state index in [0.29, 0.717) is 0 Å². The van der Waals surface area contributed by atoms with Gasteiger partial charge in [-0.05, 0) is 72.8 Å². The van der Waals surface area contributed by atoms with Crippen LogP contribution in [0.25, 0.3) is 46.4 Å². The predicted molar refractivity (Wildman–Crippen MR) is 197 cm³/mol. The average molecular weight is 671 g/mol. The normalized spacial score (nSPS) is 9.42. The number of aromatic nitrogens is 4. The van der Waals surface area contributed by atoms with Crippen molar-refractivity contribution in [2.75, 3.05) is 0 Å². The number of hydrogen-bond donors (Lipinski definition) is 6. The fraction of sp³-hybridized carbons (Fsp3) is 0.333. The Morgan fingerprint density at radius 2 is 0.667 bits per heavy atom. The number of aromatic amines is 2. The quantitative estimate of drug-likeness (QED) is 0.107. The number of carboxylic acid groups (broad SMARTS) is 4. The zero-order valence-corrected chi connectivity index (χ0v) is 25.1. The molecule has 5 rings (SSSR count). The van der Waals surface area contributed by atoms with Crippen molar-refractivity contribution in [1.29, 1.82) is 0 Å². The number of nitrogens with one attached hydrogen (secondary N) is 2. The van der Waals surface area contributed by atoms with Gasteiger partial charge in [-0.1, -0.05) is 57.4 Å². The van der Waals surface area contributed by atoms with Gasteiger partial charge in [-0.2, -0.15) is 0 Å². The summed E-state index contributed by atoms with van der Waals surface area (Å²) >= 11 is 0. The lowest BCUT2D eigenvalue weighted by Gasteiger charge is -1.86. The van der Waals surface area contributed by atoms with Crippen LogP contribution in [0.4, 0.5) is 0 Å². The van der Waals surface area contributed by atoms with Gasteiger partial charge in [0, 0.05) is 47.8 Å². The van der Waals surface area contributed by atoms with Crippen molar-refractivity contribution in [2.45, 2.75) is 83.1 Å². The summed E-state index contributed by atoms with van der Waals surface area (Å²) in [5, 5.41) is 30.9. The molecule has 2 aliphatic heterocycles. The van der Waals surface area contributed by atoms with Crippen LogP contribution >= 0.6 is 0 Å². The lowest BCUT2D eigenvalue weighted by atomic mass is 10.3. The molecule has 12 nitrogen and oxygen atoms in total.